The Morgan fingerprint density at radius 2 is 2.12 bits per heavy atom. The molecule has 0 saturated heterocycles. The Hall–Kier alpha value is -3.10. The van der Waals surface area contributed by atoms with Gasteiger partial charge in [0.25, 0.3) is 0 Å². The highest BCUT2D eigenvalue weighted by Crippen LogP contribution is 2.40. The van der Waals surface area contributed by atoms with E-state index in [-0.39, 0.29) is 6.61 Å². The summed E-state index contributed by atoms with van der Waals surface area (Å²) in [5.74, 6) is 1.21. The molecule has 3 rings (SSSR count). The number of benzene rings is 1. The van der Waals surface area contributed by atoms with Crippen molar-refractivity contribution in [1.29, 1.82) is 0 Å². The standard InChI is InChI=1S/C16H19N5O4/c1-5-25-15(22)13-9(2)17-16-18-19-20-21(16)14(13)11-7-6-10(23-3)8-12(11)24-4/h6-8,14H,5H2,1-4H3,(H,17,18,20). The van der Waals surface area contributed by atoms with Crippen molar-refractivity contribution in [1.82, 2.24) is 20.2 Å². The number of hydrogen-bond donors (Lipinski definition) is 1. The van der Waals surface area contributed by atoms with Crippen LogP contribution in [0.15, 0.2) is 29.5 Å². The number of carbonyl (C=O) groups is 1. The normalized spacial score (nSPS) is 16.1. The molecule has 1 aliphatic rings. The van der Waals surface area contributed by atoms with Crippen LogP contribution in [0.2, 0.25) is 0 Å². The van der Waals surface area contributed by atoms with Crippen LogP contribution in [-0.4, -0.2) is 47.0 Å². The number of esters is 1. The molecule has 0 fully saturated rings. The molecule has 1 aromatic heterocycles. The van der Waals surface area contributed by atoms with Gasteiger partial charge in [-0.2, -0.15) is 4.68 Å². The van der Waals surface area contributed by atoms with E-state index in [1.807, 2.05) is 6.07 Å². The fourth-order valence-corrected chi connectivity index (χ4v) is 2.82. The van der Waals surface area contributed by atoms with Crippen LogP contribution in [0.25, 0.3) is 0 Å². The maximum Gasteiger partial charge on any atom is 0.338 e. The molecule has 1 aromatic carbocycles. The van der Waals surface area contributed by atoms with Crippen molar-refractivity contribution in [3.63, 3.8) is 0 Å². The number of ether oxygens (including phenoxy) is 3. The van der Waals surface area contributed by atoms with Gasteiger partial charge in [-0.25, -0.2) is 4.79 Å². The Morgan fingerprint density at radius 3 is 2.80 bits per heavy atom. The van der Waals surface area contributed by atoms with Crippen molar-refractivity contribution < 1.29 is 19.0 Å². The maximum absolute atomic E-state index is 12.6. The van der Waals surface area contributed by atoms with E-state index in [0.717, 1.165) is 5.56 Å². The molecule has 1 atom stereocenters. The summed E-state index contributed by atoms with van der Waals surface area (Å²) in [5.41, 5.74) is 1.77. The van der Waals surface area contributed by atoms with Crippen molar-refractivity contribution in [3.8, 4) is 11.5 Å². The van der Waals surface area contributed by atoms with Gasteiger partial charge < -0.3 is 19.5 Å². The zero-order valence-electron chi connectivity index (χ0n) is 14.4. The highest BCUT2D eigenvalue weighted by atomic mass is 16.5. The number of methoxy groups -OCH3 is 2. The quantitative estimate of drug-likeness (QED) is 0.815. The lowest BCUT2D eigenvalue weighted by molar-refractivity contribution is -0.139. The van der Waals surface area contributed by atoms with Gasteiger partial charge in [-0.1, -0.05) is 5.10 Å². The van der Waals surface area contributed by atoms with Gasteiger partial charge in [0.15, 0.2) is 0 Å². The van der Waals surface area contributed by atoms with Crippen molar-refractivity contribution in [2.24, 2.45) is 0 Å². The zero-order valence-corrected chi connectivity index (χ0v) is 14.4. The number of aromatic nitrogens is 4. The average Bonchev–Trinajstić information content (AvgIpc) is 3.08. The van der Waals surface area contributed by atoms with Gasteiger partial charge in [0.2, 0.25) is 5.95 Å². The highest BCUT2D eigenvalue weighted by molar-refractivity contribution is 5.92. The molecule has 1 unspecified atom stereocenters. The summed E-state index contributed by atoms with van der Waals surface area (Å²) >= 11 is 0. The number of hydrogen-bond acceptors (Lipinski definition) is 8. The van der Waals surface area contributed by atoms with Crippen molar-refractivity contribution in [2.75, 3.05) is 26.1 Å². The first-order valence-electron chi connectivity index (χ1n) is 7.75. The van der Waals surface area contributed by atoms with Crippen LogP contribution in [0.5, 0.6) is 11.5 Å². The van der Waals surface area contributed by atoms with Crippen LogP contribution in [0.3, 0.4) is 0 Å². The number of carbonyl (C=O) groups excluding carboxylic acids is 1. The number of rotatable bonds is 5. The first-order chi connectivity index (χ1) is 12.1. The van der Waals surface area contributed by atoms with Crippen molar-refractivity contribution in [2.45, 2.75) is 19.9 Å². The molecule has 0 spiro atoms. The molecule has 1 N–H and O–H groups in total. The highest BCUT2D eigenvalue weighted by Gasteiger charge is 2.36. The number of nitrogens with zero attached hydrogens (tertiary/aromatic N) is 4. The topological polar surface area (TPSA) is 100 Å². The Bertz CT molecular complexity index is 830. The number of allylic oxidation sites excluding steroid dienone is 1. The second kappa shape index (κ2) is 6.80. The molecule has 2 aromatic rings. The molecule has 0 radical (unpaired) electrons. The van der Waals surface area contributed by atoms with Crippen molar-refractivity contribution >= 4 is 11.9 Å². The Balaban J connectivity index is 2.18. The molecular formula is C16H19N5O4. The van der Waals surface area contributed by atoms with Gasteiger partial charge in [0.1, 0.15) is 17.5 Å². The van der Waals surface area contributed by atoms with E-state index in [0.29, 0.717) is 28.7 Å². The molecule has 0 saturated carbocycles. The number of fused-ring (bicyclic) bond motifs is 1. The van der Waals surface area contributed by atoms with Gasteiger partial charge in [-0.15, -0.1) is 0 Å². The molecule has 0 aliphatic carbocycles. The fraction of sp³-hybridized carbons (Fsp3) is 0.375. The summed E-state index contributed by atoms with van der Waals surface area (Å²) in [6, 6.07) is 4.79. The van der Waals surface area contributed by atoms with Crippen LogP contribution in [0, 0.1) is 0 Å². The molecule has 132 valence electrons. The maximum atomic E-state index is 12.6. The first-order valence-corrected chi connectivity index (χ1v) is 7.75. The molecule has 1 aliphatic heterocycles. The van der Waals surface area contributed by atoms with Crippen LogP contribution in [-0.2, 0) is 9.53 Å². The van der Waals surface area contributed by atoms with E-state index in [1.54, 1.807) is 40.2 Å². The molecule has 9 nitrogen and oxygen atoms in total. The van der Waals surface area contributed by atoms with Gasteiger partial charge in [-0.05, 0) is 36.4 Å². The van der Waals surface area contributed by atoms with Crippen LogP contribution in [0.1, 0.15) is 25.5 Å². The summed E-state index contributed by atoms with van der Waals surface area (Å²) < 4.78 is 17.5. The van der Waals surface area contributed by atoms with E-state index in [9.17, 15) is 4.79 Å². The van der Waals surface area contributed by atoms with E-state index < -0.39 is 12.0 Å². The zero-order chi connectivity index (χ0) is 18.0. The van der Waals surface area contributed by atoms with Gasteiger partial charge in [-0.3, -0.25) is 0 Å². The van der Waals surface area contributed by atoms with Gasteiger partial charge in [0, 0.05) is 17.3 Å². The SMILES string of the molecule is CCOC(=O)C1=C(C)Nc2nnnn2C1c1ccc(OC)cc1OC. The third kappa shape index (κ3) is 2.88. The summed E-state index contributed by atoms with van der Waals surface area (Å²) in [4.78, 5) is 12.6. The number of tetrazole rings is 1. The first kappa shape index (κ1) is 16.7. The summed E-state index contributed by atoms with van der Waals surface area (Å²) in [6.45, 7) is 3.81. The van der Waals surface area contributed by atoms with Crippen LogP contribution in [0.4, 0.5) is 5.95 Å². The predicted molar refractivity (Wildman–Crippen MR) is 88.5 cm³/mol. The van der Waals surface area contributed by atoms with E-state index in [1.165, 1.54) is 4.68 Å². The van der Waals surface area contributed by atoms with Gasteiger partial charge >= 0.3 is 5.97 Å². The lowest BCUT2D eigenvalue weighted by atomic mass is 9.95. The van der Waals surface area contributed by atoms with Crippen LogP contribution >= 0.6 is 0 Å². The third-order valence-corrected chi connectivity index (χ3v) is 3.94. The van der Waals surface area contributed by atoms with Crippen LogP contribution < -0.4 is 14.8 Å². The Labute approximate surface area is 144 Å². The molecule has 2 heterocycles. The predicted octanol–water partition coefficient (Wildman–Crippen LogP) is 1.54. The van der Waals surface area contributed by atoms with Gasteiger partial charge in [0.05, 0.1) is 26.4 Å². The van der Waals surface area contributed by atoms with E-state index in [4.69, 9.17) is 14.2 Å². The molecule has 9 heteroatoms. The average molecular weight is 345 g/mol. The molecule has 0 bridgehead atoms. The second-order valence-corrected chi connectivity index (χ2v) is 5.34. The Morgan fingerprint density at radius 1 is 1.32 bits per heavy atom. The van der Waals surface area contributed by atoms with Crippen molar-refractivity contribution in [3.05, 3.63) is 35.0 Å². The number of anilines is 1. The summed E-state index contributed by atoms with van der Waals surface area (Å²) in [7, 11) is 3.13. The smallest absolute Gasteiger partial charge is 0.338 e. The minimum Gasteiger partial charge on any atom is -0.497 e. The minimum atomic E-state index is -0.578. The lowest BCUT2D eigenvalue weighted by Gasteiger charge is -2.28. The molecule has 25 heavy (non-hydrogen) atoms. The fourth-order valence-electron chi connectivity index (χ4n) is 2.82. The third-order valence-electron chi connectivity index (χ3n) is 3.94. The summed E-state index contributed by atoms with van der Waals surface area (Å²) in [5, 5.41) is 14.7. The largest absolute Gasteiger partial charge is 0.497 e. The lowest BCUT2D eigenvalue weighted by Crippen LogP contribution is -2.30. The minimum absolute atomic E-state index is 0.268. The van der Waals surface area contributed by atoms with E-state index in [2.05, 4.69) is 20.8 Å². The molecular weight excluding hydrogens is 326 g/mol. The second-order valence-electron chi connectivity index (χ2n) is 5.34. The number of nitrogens with one attached hydrogen (secondary N) is 1. The summed E-state index contributed by atoms with van der Waals surface area (Å²) in [6.07, 6.45) is 0. The monoisotopic (exact) mass is 345 g/mol. The molecule has 0 amide bonds. The Kier molecular flexibility index (Phi) is 4.55. The van der Waals surface area contributed by atoms with E-state index >= 15 is 0 Å².